The lowest BCUT2D eigenvalue weighted by Crippen LogP contribution is -2.23. The van der Waals surface area contributed by atoms with Gasteiger partial charge in [0.05, 0.1) is 11.7 Å². The van der Waals surface area contributed by atoms with Gasteiger partial charge in [-0.05, 0) is 70.3 Å². The Bertz CT molecular complexity index is 2040. The summed E-state index contributed by atoms with van der Waals surface area (Å²) in [4.78, 5) is 30.8. The maximum absolute atomic E-state index is 13.9. The van der Waals surface area contributed by atoms with Crippen LogP contribution in [-0.2, 0) is 21.3 Å². The maximum Gasteiger partial charge on any atom is 0.264 e. The second-order valence-corrected chi connectivity index (χ2v) is 14.7. The Morgan fingerprint density at radius 1 is 0.917 bits per heavy atom. The Labute approximate surface area is 281 Å². The van der Waals surface area contributed by atoms with Gasteiger partial charge in [0.1, 0.15) is 5.52 Å². The molecule has 0 radical (unpaired) electrons. The van der Waals surface area contributed by atoms with Gasteiger partial charge in [0.2, 0.25) is 5.91 Å². The molecule has 5 rings (SSSR count). The molecule has 0 aliphatic rings. The number of Topliss-reactive ketones (excluding diaryl/α,β-unsaturated/α-hetero) is 1. The lowest BCUT2D eigenvalue weighted by Gasteiger charge is -2.18. The van der Waals surface area contributed by atoms with E-state index in [2.05, 4.69) is 43.2 Å². The van der Waals surface area contributed by atoms with E-state index in [0.29, 0.717) is 23.6 Å². The van der Waals surface area contributed by atoms with Crippen molar-refractivity contribution in [3.63, 3.8) is 0 Å². The molecule has 0 fully saturated rings. The maximum atomic E-state index is 13.9. The van der Waals surface area contributed by atoms with Crippen LogP contribution >= 0.6 is 0 Å². The van der Waals surface area contributed by atoms with Crippen LogP contribution in [0.25, 0.3) is 28.3 Å². The third kappa shape index (κ3) is 9.59. The number of oxazole rings is 1. The molecule has 1 aromatic heterocycles. The summed E-state index contributed by atoms with van der Waals surface area (Å²) in [6.07, 6.45) is 4.67. The smallest absolute Gasteiger partial charge is 0.264 e. The second kappa shape index (κ2) is 14.5. The van der Waals surface area contributed by atoms with Gasteiger partial charge in [-0.25, -0.2) is 4.98 Å². The Kier molecular flexibility index (Phi) is 10.4. The highest BCUT2D eigenvalue weighted by Crippen LogP contribution is 2.28. The van der Waals surface area contributed by atoms with Crippen molar-refractivity contribution >= 4 is 44.7 Å². The number of allylic oxidation sites excluding steroid dienone is 1. The molecule has 1 amide bonds. The zero-order valence-corrected chi connectivity index (χ0v) is 28.4. The van der Waals surface area contributed by atoms with Crippen LogP contribution in [0.4, 0.5) is 5.69 Å². The monoisotopic (exact) mass is 664 g/mol. The number of nitrogens with one attached hydrogen (secondary N) is 1. The van der Waals surface area contributed by atoms with E-state index in [1.54, 1.807) is 12.1 Å². The first kappa shape index (κ1) is 34.5. The highest BCUT2D eigenvalue weighted by atomic mass is 32.2. The lowest BCUT2D eigenvalue weighted by atomic mass is 9.89. The minimum Gasteiger partial charge on any atom is -0.441 e. The van der Waals surface area contributed by atoms with Gasteiger partial charge < -0.3 is 9.73 Å². The predicted molar refractivity (Wildman–Crippen MR) is 191 cm³/mol. The van der Waals surface area contributed by atoms with Crippen molar-refractivity contribution in [2.75, 3.05) is 11.1 Å². The molecular formula is C39H40N2O6S. The van der Waals surface area contributed by atoms with Gasteiger partial charge >= 0.3 is 0 Å². The number of hydrogen-bond donors (Lipinski definition) is 2. The standard InChI is InChI=1S/C39H40N2O6S/c1-26-40-35-20-17-32(25-37(35)47-26)29-15-18-33(19-16-29)41-38(43)34(30-11-7-27(8-12-30)21-22-39(2,3)4)24-28-9-13-31(14-10-28)36(42)6-5-23-48(44,45)46/h7-22,25,34H,5-6,23-24H2,1-4H3,(H,41,43)(H,44,45,46)/b22-21+. The highest BCUT2D eigenvalue weighted by molar-refractivity contribution is 7.85. The minimum atomic E-state index is -4.11. The molecule has 0 saturated heterocycles. The number of fused-ring (bicyclic) bond motifs is 1. The Balaban J connectivity index is 1.33. The largest absolute Gasteiger partial charge is 0.441 e. The molecule has 0 saturated carbocycles. The van der Waals surface area contributed by atoms with E-state index in [1.807, 2.05) is 85.8 Å². The predicted octanol–water partition coefficient (Wildman–Crippen LogP) is 8.68. The third-order valence-electron chi connectivity index (χ3n) is 7.93. The van der Waals surface area contributed by atoms with Crippen molar-refractivity contribution in [3.05, 3.63) is 125 Å². The fourth-order valence-corrected chi connectivity index (χ4v) is 5.87. The Morgan fingerprint density at radius 3 is 2.23 bits per heavy atom. The van der Waals surface area contributed by atoms with Crippen molar-refractivity contribution in [2.24, 2.45) is 5.41 Å². The van der Waals surface area contributed by atoms with Crippen LogP contribution < -0.4 is 5.32 Å². The van der Waals surface area contributed by atoms with E-state index in [0.717, 1.165) is 38.9 Å². The number of ketones is 1. The fourth-order valence-electron chi connectivity index (χ4n) is 5.36. The number of anilines is 1. The van der Waals surface area contributed by atoms with Gasteiger partial charge in [0.25, 0.3) is 10.1 Å². The summed E-state index contributed by atoms with van der Waals surface area (Å²) in [5.74, 6) is -0.732. The van der Waals surface area contributed by atoms with E-state index in [-0.39, 0.29) is 29.9 Å². The normalized spacial score (nSPS) is 12.8. The molecule has 1 heterocycles. The summed E-state index contributed by atoms with van der Waals surface area (Å²) >= 11 is 0. The molecule has 2 N–H and O–H groups in total. The van der Waals surface area contributed by atoms with E-state index < -0.39 is 21.8 Å². The van der Waals surface area contributed by atoms with Crippen molar-refractivity contribution in [1.82, 2.24) is 4.98 Å². The number of carbonyl (C=O) groups is 2. The van der Waals surface area contributed by atoms with Crippen LogP contribution in [0, 0.1) is 12.3 Å². The summed E-state index contributed by atoms with van der Waals surface area (Å²) in [6.45, 7) is 8.23. The van der Waals surface area contributed by atoms with E-state index in [4.69, 9.17) is 8.97 Å². The quantitative estimate of drug-likeness (QED) is 0.101. The third-order valence-corrected chi connectivity index (χ3v) is 8.74. The molecule has 0 aliphatic carbocycles. The summed E-state index contributed by atoms with van der Waals surface area (Å²) in [7, 11) is -4.11. The SMILES string of the molecule is Cc1nc2ccc(-c3ccc(NC(=O)C(Cc4ccc(C(=O)CCCS(=O)(=O)O)cc4)c4ccc(/C=C/C(C)(C)C)cc4)cc3)cc2o1. The summed E-state index contributed by atoms with van der Waals surface area (Å²) in [5.41, 5.74) is 7.42. The first-order chi connectivity index (χ1) is 22.7. The zero-order chi connectivity index (χ0) is 34.5. The first-order valence-electron chi connectivity index (χ1n) is 15.9. The van der Waals surface area contributed by atoms with Crippen molar-refractivity contribution in [2.45, 2.75) is 52.9 Å². The number of aryl methyl sites for hydroxylation is 1. The fraction of sp³-hybridized carbons (Fsp3) is 0.256. The minimum absolute atomic E-state index is 0.00724. The van der Waals surface area contributed by atoms with E-state index >= 15 is 0 Å². The van der Waals surface area contributed by atoms with Crippen molar-refractivity contribution < 1.29 is 27.0 Å². The van der Waals surface area contributed by atoms with Gasteiger partial charge in [0.15, 0.2) is 17.3 Å². The van der Waals surface area contributed by atoms with Crippen LogP contribution in [0.3, 0.4) is 0 Å². The van der Waals surface area contributed by atoms with E-state index in [9.17, 15) is 18.0 Å². The highest BCUT2D eigenvalue weighted by Gasteiger charge is 2.22. The first-order valence-corrected chi connectivity index (χ1v) is 17.5. The van der Waals surface area contributed by atoms with E-state index in [1.165, 1.54) is 0 Å². The number of rotatable bonds is 12. The van der Waals surface area contributed by atoms with Crippen LogP contribution in [0.5, 0.6) is 0 Å². The van der Waals surface area contributed by atoms with Gasteiger partial charge in [-0.15, -0.1) is 0 Å². The molecule has 1 atom stereocenters. The van der Waals surface area contributed by atoms with Crippen LogP contribution in [0.15, 0.2) is 101 Å². The molecule has 8 nitrogen and oxygen atoms in total. The average Bonchev–Trinajstić information content (AvgIpc) is 3.42. The molecule has 4 aromatic carbocycles. The summed E-state index contributed by atoms with van der Waals surface area (Å²) < 4.78 is 36.6. The Morgan fingerprint density at radius 2 is 1.58 bits per heavy atom. The van der Waals surface area contributed by atoms with Crippen molar-refractivity contribution in [1.29, 1.82) is 0 Å². The summed E-state index contributed by atoms with van der Waals surface area (Å²) in [6, 6.07) is 28.5. The average molecular weight is 665 g/mol. The molecule has 48 heavy (non-hydrogen) atoms. The molecule has 0 bridgehead atoms. The van der Waals surface area contributed by atoms with Crippen LogP contribution in [0.2, 0.25) is 0 Å². The Hall–Kier alpha value is -4.86. The molecule has 9 heteroatoms. The zero-order valence-electron chi connectivity index (χ0n) is 27.6. The van der Waals surface area contributed by atoms with Gasteiger partial charge in [0, 0.05) is 24.6 Å². The van der Waals surface area contributed by atoms with Gasteiger partial charge in [-0.1, -0.05) is 99.7 Å². The number of aromatic nitrogens is 1. The van der Waals surface area contributed by atoms with Crippen LogP contribution in [-0.4, -0.2) is 35.4 Å². The van der Waals surface area contributed by atoms with Gasteiger partial charge in [-0.2, -0.15) is 8.42 Å². The van der Waals surface area contributed by atoms with Crippen molar-refractivity contribution in [3.8, 4) is 11.1 Å². The second-order valence-electron chi connectivity index (χ2n) is 13.1. The molecule has 248 valence electrons. The molecule has 5 aromatic rings. The van der Waals surface area contributed by atoms with Gasteiger partial charge in [-0.3, -0.25) is 14.1 Å². The topological polar surface area (TPSA) is 127 Å². The number of nitrogens with zero attached hydrogens (tertiary/aromatic N) is 1. The molecule has 1 unspecified atom stereocenters. The molecule has 0 aliphatic heterocycles. The lowest BCUT2D eigenvalue weighted by molar-refractivity contribution is -0.117. The molecular weight excluding hydrogens is 625 g/mol. The molecule has 0 spiro atoms. The number of benzene rings is 4. The number of carbonyl (C=O) groups excluding carboxylic acids is 2. The summed E-state index contributed by atoms with van der Waals surface area (Å²) in [5, 5.41) is 3.09. The number of amides is 1. The number of hydrogen-bond acceptors (Lipinski definition) is 6. The van der Waals surface area contributed by atoms with Crippen LogP contribution in [0.1, 0.15) is 72.5 Å².